The first kappa shape index (κ1) is 29.2. The van der Waals surface area contributed by atoms with Gasteiger partial charge in [0.05, 0.1) is 32.2 Å². The molecule has 6 rings (SSSR count). The number of fused-ring (bicyclic) bond motifs is 4. The summed E-state index contributed by atoms with van der Waals surface area (Å²) in [5.41, 5.74) is 6.35. The number of rotatable bonds is 2. The standard InChI is InChI=1S/C18H11NO2S.C17H11NO2S/c1-19-16(18(20)21-2)15-11-7-3-5-9-13(11)17(22)14-10-6-4-8-12(14)15;1-18-16(17(19)20-2)15-11-7-3-5-9-13(11)21-14-10-6-4-8-12(14)15/h3-10H,2H3;3-10H,2H3. The van der Waals surface area contributed by atoms with E-state index in [1.165, 1.54) is 14.2 Å². The molecule has 0 atom stereocenters. The van der Waals surface area contributed by atoms with E-state index in [-0.39, 0.29) is 11.4 Å². The number of hydrogen-bond acceptors (Lipinski definition) is 6. The van der Waals surface area contributed by atoms with Crippen LogP contribution in [0.25, 0.3) is 20.8 Å². The van der Waals surface area contributed by atoms with Crippen molar-refractivity contribution >= 4 is 51.9 Å². The van der Waals surface area contributed by atoms with Gasteiger partial charge in [-0.25, -0.2) is 9.69 Å². The summed E-state index contributed by atoms with van der Waals surface area (Å²) in [6.45, 7) is 14.8. The Kier molecular flexibility index (Phi) is 8.64. The molecule has 8 heteroatoms. The van der Waals surface area contributed by atoms with Gasteiger partial charge in [-0.2, -0.15) is 0 Å². The van der Waals surface area contributed by atoms with Gasteiger partial charge in [0.1, 0.15) is 0 Å². The third-order valence-corrected chi connectivity index (χ3v) is 8.46. The van der Waals surface area contributed by atoms with E-state index in [9.17, 15) is 9.59 Å². The topological polar surface area (TPSA) is 61.3 Å². The zero-order chi connectivity index (χ0) is 30.5. The maximum Gasteiger partial charge on any atom is 0.336 e. The van der Waals surface area contributed by atoms with Crippen LogP contribution < -0.4 is 0 Å². The van der Waals surface area contributed by atoms with Crippen molar-refractivity contribution in [3.8, 4) is 0 Å². The van der Waals surface area contributed by atoms with Gasteiger partial charge in [0.15, 0.2) is 0 Å². The number of ether oxygens (including phenoxy) is 2. The molecular weight excluding hydrogens is 577 g/mol. The predicted molar refractivity (Wildman–Crippen MR) is 170 cm³/mol. The maximum absolute atomic E-state index is 12.0. The van der Waals surface area contributed by atoms with Crippen LogP contribution in [-0.2, 0) is 19.1 Å². The van der Waals surface area contributed by atoms with Crippen molar-refractivity contribution in [3.63, 3.8) is 0 Å². The van der Waals surface area contributed by atoms with Gasteiger partial charge in [0, 0.05) is 20.9 Å². The van der Waals surface area contributed by atoms with E-state index >= 15 is 0 Å². The lowest BCUT2D eigenvalue weighted by Crippen LogP contribution is -2.16. The average molecular weight is 599 g/mol. The number of hydrogen-bond donors (Lipinski definition) is 0. The summed E-state index contributed by atoms with van der Waals surface area (Å²) in [5.74, 6) is -1.24. The fourth-order valence-electron chi connectivity index (χ4n) is 4.99. The lowest BCUT2D eigenvalue weighted by molar-refractivity contribution is -0.136. The summed E-state index contributed by atoms with van der Waals surface area (Å²) >= 11 is 7.21. The van der Waals surface area contributed by atoms with Crippen molar-refractivity contribution in [2.75, 3.05) is 14.2 Å². The fraction of sp³-hybridized carbons (Fsp3) is 0.0571. The molecule has 0 aromatic heterocycles. The van der Waals surface area contributed by atoms with Crippen LogP contribution in [-0.4, -0.2) is 31.0 Å². The normalized spacial score (nSPS) is 12.0. The van der Waals surface area contributed by atoms with Gasteiger partial charge in [0.25, 0.3) is 11.4 Å². The number of nitrogens with zero attached hydrogens (tertiary/aromatic N) is 2. The smallest absolute Gasteiger partial charge is 0.336 e. The highest BCUT2D eigenvalue weighted by molar-refractivity contribution is 7.99. The number of carbonyl (C=O) groups excluding carboxylic acids is 2. The molecule has 0 radical (unpaired) electrons. The van der Waals surface area contributed by atoms with Crippen LogP contribution in [0.3, 0.4) is 0 Å². The van der Waals surface area contributed by atoms with Crippen molar-refractivity contribution in [3.05, 3.63) is 165 Å². The second-order valence-electron chi connectivity index (χ2n) is 9.17. The lowest BCUT2D eigenvalue weighted by Gasteiger charge is -2.24. The SMILES string of the molecule is [C-]#[N+]C(C(=O)OC)=C1c2ccccc2C(=S)c2ccccc21.[C-]#[N+]C(C(=O)OC)=C1c2ccccc2Sc2ccccc21. The second-order valence-corrected chi connectivity index (χ2v) is 10.7. The summed E-state index contributed by atoms with van der Waals surface area (Å²) < 4.78 is 9.54. The van der Waals surface area contributed by atoms with Crippen LogP contribution >= 0.6 is 24.0 Å². The highest BCUT2D eigenvalue weighted by Crippen LogP contribution is 2.46. The molecule has 0 spiro atoms. The van der Waals surface area contributed by atoms with Gasteiger partial charge in [0.2, 0.25) is 0 Å². The number of esters is 2. The Morgan fingerprint density at radius 2 is 0.907 bits per heavy atom. The third-order valence-electron chi connectivity index (χ3n) is 6.87. The Morgan fingerprint density at radius 1 is 0.581 bits per heavy atom. The first-order valence-electron chi connectivity index (χ1n) is 12.9. The summed E-state index contributed by atoms with van der Waals surface area (Å²) in [4.78, 5) is 33.6. The van der Waals surface area contributed by atoms with E-state index in [1.807, 2.05) is 97.1 Å². The van der Waals surface area contributed by atoms with Crippen molar-refractivity contribution in [1.82, 2.24) is 0 Å². The second kappa shape index (κ2) is 12.7. The first-order chi connectivity index (χ1) is 20.9. The van der Waals surface area contributed by atoms with Gasteiger partial charge in [-0.15, -0.1) is 0 Å². The number of methoxy groups -OCH3 is 2. The molecular formula is C35H22N2O4S2. The van der Waals surface area contributed by atoms with E-state index in [0.29, 0.717) is 11.1 Å². The Labute approximate surface area is 258 Å². The van der Waals surface area contributed by atoms with Crippen LogP contribution in [0.2, 0.25) is 0 Å². The molecule has 1 aliphatic carbocycles. The van der Waals surface area contributed by atoms with Gasteiger partial charge in [-0.1, -0.05) is 109 Å². The molecule has 0 saturated carbocycles. The van der Waals surface area contributed by atoms with E-state index in [0.717, 1.165) is 48.0 Å². The maximum atomic E-state index is 12.0. The molecule has 0 unspecified atom stereocenters. The zero-order valence-electron chi connectivity index (χ0n) is 23.1. The van der Waals surface area contributed by atoms with Crippen molar-refractivity contribution in [1.29, 1.82) is 0 Å². The third kappa shape index (κ3) is 5.38. The molecule has 4 aromatic rings. The van der Waals surface area contributed by atoms with Crippen molar-refractivity contribution < 1.29 is 19.1 Å². The molecule has 0 bridgehead atoms. The molecule has 6 nitrogen and oxygen atoms in total. The van der Waals surface area contributed by atoms with Crippen molar-refractivity contribution in [2.45, 2.75) is 9.79 Å². The summed E-state index contributed by atoms with van der Waals surface area (Å²) in [7, 11) is 2.57. The van der Waals surface area contributed by atoms with Crippen LogP contribution in [0.5, 0.6) is 0 Å². The summed E-state index contributed by atoms with van der Waals surface area (Å²) in [6, 6.07) is 30.7. The molecule has 0 saturated heterocycles. The lowest BCUT2D eigenvalue weighted by atomic mass is 9.81. The van der Waals surface area contributed by atoms with Gasteiger partial charge in [-0.05, 0) is 45.5 Å². The highest BCUT2D eigenvalue weighted by atomic mass is 32.2. The van der Waals surface area contributed by atoms with Crippen LogP contribution in [0.15, 0.2) is 118 Å². The minimum absolute atomic E-state index is 0.0232. The molecule has 1 heterocycles. The van der Waals surface area contributed by atoms with Crippen LogP contribution in [0.4, 0.5) is 0 Å². The quantitative estimate of drug-likeness (QED) is 0.0885. The van der Waals surface area contributed by atoms with Crippen LogP contribution in [0.1, 0.15) is 33.4 Å². The first-order valence-corrected chi connectivity index (χ1v) is 14.2. The van der Waals surface area contributed by atoms with E-state index in [1.54, 1.807) is 11.8 Å². The van der Waals surface area contributed by atoms with Crippen molar-refractivity contribution in [2.24, 2.45) is 0 Å². The minimum atomic E-state index is -0.637. The molecule has 0 fully saturated rings. The average Bonchev–Trinajstić information content (AvgIpc) is 3.06. The van der Waals surface area contributed by atoms with Gasteiger partial charge in [-0.3, -0.25) is 9.59 Å². The van der Waals surface area contributed by atoms with Crippen LogP contribution in [0, 0.1) is 13.1 Å². The summed E-state index contributed by atoms with van der Waals surface area (Å²) in [6.07, 6.45) is 0. The largest absolute Gasteiger partial charge is 0.474 e. The number of thiocarbonyl (C=S) groups is 1. The Bertz CT molecular complexity index is 1860. The predicted octanol–water partition coefficient (Wildman–Crippen LogP) is 7.62. The number of carbonyl (C=O) groups is 2. The molecule has 0 amide bonds. The highest BCUT2D eigenvalue weighted by Gasteiger charge is 2.29. The number of benzene rings is 4. The minimum Gasteiger partial charge on any atom is -0.474 e. The molecule has 1 aliphatic heterocycles. The van der Waals surface area contributed by atoms with Gasteiger partial charge < -0.3 is 9.47 Å². The Hall–Kier alpha value is -5.28. The monoisotopic (exact) mass is 598 g/mol. The molecule has 2 aliphatic rings. The van der Waals surface area contributed by atoms with E-state index < -0.39 is 11.9 Å². The summed E-state index contributed by atoms with van der Waals surface area (Å²) in [5, 5.41) is 0. The Morgan fingerprint density at radius 3 is 1.28 bits per heavy atom. The molecule has 0 N–H and O–H groups in total. The molecule has 208 valence electrons. The fourth-order valence-corrected chi connectivity index (χ4v) is 6.43. The zero-order valence-corrected chi connectivity index (χ0v) is 24.7. The van der Waals surface area contributed by atoms with Gasteiger partial charge >= 0.3 is 11.9 Å². The molecule has 43 heavy (non-hydrogen) atoms. The van der Waals surface area contributed by atoms with E-state index in [2.05, 4.69) is 9.69 Å². The Balaban J connectivity index is 0.000000171. The molecule has 4 aromatic carbocycles. The van der Waals surface area contributed by atoms with E-state index in [4.69, 9.17) is 34.8 Å².